The van der Waals surface area contributed by atoms with Crippen LogP contribution in [0.4, 0.5) is 32.2 Å². The van der Waals surface area contributed by atoms with Crippen LogP contribution in [0.25, 0.3) is 11.1 Å². The molecule has 154 valence electrons. The van der Waals surface area contributed by atoms with E-state index in [1.54, 1.807) is 12.1 Å². The molecule has 0 aromatic carbocycles. The van der Waals surface area contributed by atoms with Gasteiger partial charge in [-0.15, -0.1) is 0 Å². The topological polar surface area (TPSA) is 87.4 Å². The van der Waals surface area contributed by atoms with Crippen molar-refractivity contribution in [3.63, 3.8) is 0 Å². The summed E-state index contributed by atoms with van der Waals surface area (Å²) in [5.74, 6) is -0.848. The molecule has 0 aliphatic rings. The molecular formula is C18H10F6N6. The van der Waals surface area contributed by atoms with Crippen molar-refractivity contribution >= 4 is 5.82 Å². The summed E-state index contributed by atoms with van der Waals surface area (Å²) in [6.45, 7) is -0.305. The maximum atomic E-state index is 13.2. The summed E-state index contributed by atoms with van der Waals surface area (Å²) in [7, 11) is 0. The second-order valence-electron chi connectivity index (χ2n) is 5.86. The quantitative estimate of drug-likeness (QED) is 0.623. The highest BCUT2D eigenvalue weighted by atomic mass is 19.4. The number of nitrogens with one attached hydrogen (secondary N) is 1. The second kappa shape index (κ2) is 7.94. The Hall–Kier alpha value is -3.75. The van der Waals surface area contributed by atoms with E-state index >= 15 is 0 Å². The van der Waals surface area contributed by atoms with Crippen molar-refractivity contribution in [1.29, 1.82) is 5.26 Å². The molecule has 0 bridgehead atoms. The predicted octanol–water partition coefficient (Wildman–Crippen LogP) is 4.45. The Morgan fingerprint density at radius 2 is 1.70 bits per heavy atom. The van der Waals surface area contributed by atoms with E-state index in [9.17, 15) is 26.3 Å². The van der Waals surface area contributed by atoms with Gasteiger partial charge in [0.05, 0.1) is 17.8 Å². The Labute approximate surface area is 165 Å². The van der Waals surface area contributed by atoms with Crippen molar-refractivity contribution in [1.82, 2.24) is 19.9 Å². The summed E-state index contributed by atoms with van der Waals surface area (Å²) in [5, 5.41) is 11.5. The van der Waals surface area contributed by atoms with Crippen molar-refractivity contribution in [2.75, 3.05) is 5.32 Å². The Bertz CT molecular complexity index is 1090. The average Bonchev–Trinajstić information content (AvgIpc) is 2.71. The van der Waals surface area contributed by atoms with E-state index in [4.69, 9.17) is 5.26 Å². The van der Waals surface area contributed by atoms with Crippen LogP contribution < -0.4 is 5.32 Å². The minimum Gasteiger partial charge on any atom is -0.363 e. The van der Waals surface area contributed by atoms with Crippen LogP contribution in [-0.4, -0.2) is 19.9 Å². The molecule has 0 radical (unpaired) electrons. The van der Waals surface area contributed by atoms with Gasteiger partial charge in [-0.1, -0.05) is 0 Å². The van der Waals surface area contributed by atoms with Gasteiger partial charge in [-0.05, 0) is 23.8 Å². The molecule has 30 heavy (non-hydrogen) atoms. The van der Waals surface area contributed by atoms with Crippen LogP contribution in [0, 0.1) is 11.3 Å². The van der Waals surface area contributed by atoms with E-state index in [0.29, 0.717) is 11.1 Å². The molecular weight excluding hydrogens is 414 g/mol. The van der Waals surface area contributed by atoms with Crippen LogP contribution in [0.15, 0.2) is 43.1 Å². The van der Waals surface area contributed by atoms with Gasteiger partial charge in [0.15, 0.2) is 0 Å². The zero-order valence-corrected chi connectivity index (χ0v) is 14.8. The number of nitriles is 1. The predicted molar refractivity (Wildman–Crippen MR) is 91.5 cm³/mol. The molecule has 0 atom stereocenters. The number of alkyl halides is 6. The van der Waals surface area contributed by atoms with Crippen molar-refractivity contribution in [2.24, 2.45) is 0 Å². The fraction of sp³-hybridized carbons (Fsp3) is 0.167. The number of aromatic nitrogens is 4. The van der Waals surface area contributed by atoms with E-state index in [1.165, 1.54) is 31.0 Å². The smallest absolute Gasteiger partial charge is 0.363 e. The van der Waals surface area contributed by atoms with Gasteiger partial charge in [0.2, 0.25) is 0 Å². The second-order valence-corrected chi connectivity index (χ2v) is 5.86. The van der Waals surface area contributed by atoms with Crippen molar-refractivity contribution in [2.45, 2.75) is 18.9 Å². The average molecular weight is 424 g/mol. The highest BCUT2D eigenvalue weighted by Crippen LogP contribution is 2.38. The van der Waals surface area contributed by atoms with E-state index in [0.717, 1.165) is 0 Å². The zero-order chi connectivity index (χ0) is 21.9. The van der Waals surface area contributed by atoms with Gasteiger partial charge in [-0.3, -0.25) is 4.98 Å². The van der Waals surface area contributed by atoms with Crippen LogP contribution >= 0.6 is 0 Å². The van der Waals surface area contributed by atoms with Gasteiger partial charge < -0.3 is 5.32 Å². The molecule has 0 amide bonds. The minimum absolute atomic E-state index is 0.184. The lowest BCUT2D eigenvalue weighted by Gasteiger charge is -2.17. The van der Waals surface area contributed by atoms with Crippen molar-refractivity contribution in [3.05, 3.63) is 65.6 Å². The Balaban J connectivity index is 2.03. The molecule has 1 N–H and O–H groups in total. The molecule has 0 saturated carbocycles. The highest BCUT2D eigenvalue weighted by Gasteiger charge is 2.41. The van der Waals surface area contributed by atoms with Gasteiger partial charge in [0.1, 0.15) is 29.5 Å². The van der Waals surface area contributed by atoms with Gasteiger partial charge in [0, 0.05) is 24.2 Å². The molecule has 3 heterocycles. The first-order valence-electron chi connectivity index (χ1n) is 8.14. The third-order valence-electron chi connectivity index (χ3n) is 3.94. The number of nitrogens with zero attached hydrogens (tertiary/aromatic N) is 5. The number of anilines is 1. The number of pyridine rings is 2. The molecule has 3 rings (SSSR count). The summed E-state index contributed by atoms with van der Waals surface area (Å²) in [6, 6.07) is 4.36. The molecule has 0 saturated heterocycles. The SMILES string of the molecule is N#Cc1c(C(F)(F)F)cc(C(F)(F)F)nc1NCc1ncncc1-c1ccncc1. The molecule has 6 nitrogen and oxygen atoms in total. The fourth-order valence-electron chi connectivity index (χ4n) is 2.59. The number of hydrogen-bond donors (Lipinski definition) is 1. The number of halogens is 6. The lowest BCUT2D eigenvalue weighted by atomic mass is 10.1. The van der Waals surface area contributed by atoms with Gasteiger partial charge >= 0.3 is 12.4 Å². The van der Waals surface area contributed by atoms with E-state index in [-0.39, 0.29) is 18.3 Å². The normalized spacial score (nSPS) is 11.8. The van der Waals surface area contributed by atoms with Crippen molar-refractivity contribution in [3.8, 4) is 17.2 Å². The summed E-state index contributed by atoms with van der Waals surface area (Å²) in [6.07, 6.45) is -4.71. The molecule has 3 aromatic rings. The van der Waals surface area contributed by atoms with Gasteiger partial charge in [0.25, 0.3) is 0 Å². The Morgan fingerprint density at radius 3 is 2.30 bits per heavy atom. The van der Waals surface area contributed by atoms with E-state index in [1.807, 2.05) is 0 Å². The third-order valence-corrected chi connectivity index (χ3v) is 3.94. The fourth-order valence-corrected chi connectivity index (χ4v) is 2.59. The van der Waals surface area contributed by atoms with Crippen LogP contribution in [0.2, 0.25) is 0 Å². The van der Waals surface area contributed by atoms with Gasteiger partial charge in [-0.2, -0.15) is 31.6 Å². The number of hydrogen-bond acceptors (Lipinski definition) is 6. The number of rotatable bonds is 4. The van der Waals surface area contributed by atoms with Crippen LogP contribution in [0.5, 0.6) is 0 Å². The summed E-state index contributed by atoms with van der Waals surface area (Å²) in [5.41, 5.74) is -3.16. The molecule has 0 aliphatic carbocycles. The third kappa shape index (κ3) is 4.45. The maximum absolute atomic E-state index is 13.2. The molecule has 0 unspecified atom stereocenters. The van der Waals surface area contributed by atoms with Crippen LogP contribution in [0.3, 0.4) is 0 Å². The van der Waals surface area contributed by atoms with Crippen molar-refractivity contribution < 1.29 is 26.3 Å². The Kier molecular flexibility index (Phi) is 5.55. The minimum atomic E-state index is -5.18. The van der Waals surface area contributed by atoms with Gasteiger partial charge in [-0.25, -0.2) is 15.0 Å². The van der Waals surface area contributed by atoms with E-state index < -0.39 is 35.0 Å². The molecule has 0 fully saturated rings. The lowest BCUT2D eigenvalue weighted by molar-refractivity contribution is -0.145. The molecule has 0 spiro atoms. The first-order chi connectivity index (χ1) is 14.1. The largest absolute Gasteiger partial charge is 0.433 e. The summed E-state index contributed by atoms with van der Waals surface area (Å²) in [4.78, 5) is 15.0. The van der Waals surface area contributed by atoms with Crippen LogP contribution in [-0.2, 0) is 18.9 Å². The Morgan fingerprint density at radius 1 is 1.00 bits per heavy atom. The molecule has 0 aliphatic heterocycles. The van der Waals surface area contributed by atoms with E-state index in [2.05, 4.69) is 25.3 Å². The standard InChI is InChI=1S/C18H10F6N6/c19-17(20,21)13-5-15(18(22,23)24)30-16(11(13)6-25)28-8-14-12(7-27-9-29-14)10-1-3-26-4-2-10/h1-5,7,9H,8H2,(H,28,30). The lowest BCUT2D eigenvalue weighted by Crippen LogP contribution is -2.18. The summed E-state index contributed by atoms with van der Waals surface area (Å²) < 4.78 is 78.9. The zero-order valence-electron chi connectivity index (χ0n) is 14.8. The monoisotopic (exact) mass is 424 g/mol. The summed E-state index contributed by atoms with van der Waals surface area (Å²) >= 11 is 0. The first kappa shape index (κ1) is 21.0. The highest BCUT2D eigenvalue weighted by molar-refractivity contribution is 5.65. The first-order valence-corrected chi connectivity index (χ1v) is 8.14. The molecule has 3 aromatic heterocycles. The van der Waals surface area contributed by atoms with Crippen LogP contribution in [0.1, 0.15) is 22.5 Å². The maximum Gasteiger partial charge on any atom is 0.433 e. The molecule has 12 heteroatoms.